The summed E-state index contributed by atoms with van der Waals surface area (Å²) in [6.45, 7) is 2.02. The predicted octanol–water partition coefficient (Wildman–Crippen LogP) is 4.79. The lowest BCUT2D eigenvalue weighted by Gasteiger charge is -2.33. The summed E-state index contributed by atoms with van der Waals surface area (Å²) in [5.41, 5.74) is 5.01. The van der Waals surface area contributed by atoms with Gasteiger partial charge in [0.25, 0.3) is 0 Å². The number of Topliss-reactive ketones (excluding diaryl/α,β-unsaturated/α-hetero) is 1. The monoisotopic (exact) mass is 418 g/mol. The zero-order valence-electron chi connectivity index (χ0n) is 14.4. The molecule has 2 heterocycles. The zero-order chi connectivity index (χ0) is 19.0. The summed E-state index contributed by atoms with van der Waals surface area (Å²) in [4.78, 5) is 13.3. The Bertz CT molecular complexity index is 972. The highest BCUT2D eigenvalue weighted by Gasteiger charge is 2.37. The van der Waals surface area contributed by atoms with E-state index < -0.39 is 5.25 Å². The summed E-state index contributed by atoms with van der Waals surface area (Å²) in [7, 11) is 0. The van der Waals surface area contributed by atoms with E-state index in [2.05, 4.69) is 15.6 Å². The number of aryl methyl sites for hydroxylation is 1. The van der Waals surface area contributed by atoms with Crippen LogP contribution in [0.4, 0.5) is 0 Å². The second kappa shape index (κ2) is 7.54. The molecule has 2 atom stereocenters. The highest BCUT2D eigenvalue weighted by molar-refractivity contribution is 8.00. The number of fused-ring (bicyclic) bond motifs is 1. The summed E-state index contributed by atoms with van der Waals surface area (Å²) in [5.74, 6) is 0.838. The van der Waals surface area contributed by atoms with Crippen molar-refractivity contribution < 1.29 is 4.79 Å². The van der Waals surface area contributed by atoms with Crippen LogP contribution in [-0.2, 0) is 6.42 Å². The molecular weight excluding hydrogens is 403 g/mol. The van der Waals surface area contributed by atoms with Crippen LogP contribution in [0, 0.1) is 0 Å². The van der Waals surface area contributed by atoms with Crippen molar-refractivity contribution in [3.05, 3.63) is 75.5 Å². The van der Waals surface area contributed by atoms with E-state index in [1.807, 2.05) is 35.9 Å². The van der Waals surface area contributed by atoms with Gasteiger partial charge < -0.3 is 5.43 Å². The van der Waals surface area contributed by atoms with Gasteiger partial charge in [0, 0.05) is 22.0 Å². The van der Waals surface area contributed by atoms with Crippen molar-refractivity contribution in [2.45, 2.75) is 29.8 Å². The van der Waals surface area contributed by atoms with E-state index in [4.69, 9.17) is 23.2 Å². The summed E-state index contributed by atoms with van der Waals surface area (Å²) in [6, 6.07) is 14.2. The Hall–Kier alpha value is -2.02. The SMILES string of the molecule is CCc1nnc2n1N[C@H](c1ccc(Cl)cc1)[C@@H](C(=O)c1ccc(Cl)cc1)S2. The molecule has 1 aliphatic rings. The molecule has 4 rings (SSSR count). The van der Waals surface area contributed by atoms with Crippen LogP contribution in [0.5, 0.6) is 0 Å². The first-order chi connectivity index (χ1) is 13.1. The molecule has 5 nitrogen and oxygen atoms in total. The van der Waals surface area contributed by atoms with Crippen LogP contribution in [-0.4, -0.2) is 25.9 Å². The van der Waals surface area contributed by atoms with Crippen molar-refractivity contribution in [1.82, 2.24) is 14.9 Å². The fourth-order valence-electron chi connectivity index (χ4n) is 3.03. The number of benzene rings is 2. The normalized spacial score (nSPS) is 18.6. The number of ketones is 1. The Morgan fingerprint density at radius 3 is 2.33 bits per heavy atom. The first-order valence-corrected chi connectivity index (χ1v) is 10.1. The molecule has 2 aromatic carbocycles. The second-order valence-corrected chi connectivity index (χ2v) is 8.14. The Labute approximate surface area is 171 Å². The summed E-state index contributed by atoms with van der Waals surface area (Å²) in [6.07, 6.45) is 0.740. The largest absolute Gasteiger partial charge is 0.313 e. The fourth-order valence-corrected chi connectivity index (χ4v) is 4.45. The average molecular weight is 419 g/mol. The number of halogens is 2. The molecule has 0 spiro atoms. The number of carbonyl (C=O) groups excluding carboxylic acids is 1. The first-order valence-electron chi connectivity index (χ1n) is 8.49. The molecule has 1 N–H and O–H groups in total. The maximum absolute atomic E-state index is 13.3. The van der Waals surface area contributed by atoms with Crippen molar-refractivity contribution in [2.75, 3.05) is 5.43 Å². The molecule has 8 heteroatoms. The number of carbonyl (C=O) groups is 1. The van der Waals surface area contributed by atoms with Gasteiger partial charge in [0.05, 0.1) is 6.04 Å². The second-order valence-electron chi connectivity index (χ2n) is 6.16. The molecule has 27 heavy (non-hydrogen) atoms. The first kappa shape index (κ1) is 18.3. The number of hydrogen-bond donors (Lipinski definition) is 1. The third-order valence-electron chi connectivity index (χ3n) is 4.44. The minimum atomic E-state index is -0.395. The zero-order valence-corrected chi connectivity index (χ0v) is 16.7. The van der Waals surface area contributed by atoms with Crippen molar-refractivity contribution in [3.63, 3.8) is 0 Å². The molecule has 1 aromatic heterocycles. The average Bonchev–Trinajstić information content (AvgIpc) is 3.10. The smallest absolute Gasteiger partial charge is 0.210 e. The summed E-state index contributed by atoms with van der Waals surface area (Å²) >= 11 is 13.4. The van der Waals surface area contributed by atoms with Crippen LogP contribution >= 0.6 is 35.0 Å². The number of rotatable bonds is 4. The van der Waals surface area contributed by atoms with Crippen LogP contribution < -0.4 is 5.43 Å². The lowest BCUT2D eigenvalue weighted by molar-refractivity contribution is 0.0980. The maximum atomic E-state index is 13.3. The Balaban J connectivity index is 1.75. The number of nitrogens with one attached hydrogen (secondary N) is 1. The van der Waals surface area contributed by atoms with Gasteiger partial charge in [-0.05, 0) is 42.0 Å². The summed E-state index contributed by atoms with van der Waals surface area (Å²) in [5, 5.41) is 9.99. The number of nitrogens with zero attached hydrogens (tertiary/aromatic N) is 3. The van der Waals surface area contributed by atoms with Crippen molar-refractivity contribution in [1.29, 1.82) is 0 Å². The van der Waals surface area contributed by atoms with Gasteiger partial charge in [-0.2, -0.15) is 0 Å². The quantitative estimate of drug-likeness (QED) is 0.617. The predicted molar refractivity (Wildman–Crippen MR) is 108 cm³/mol. The van der Waals surface area contributed by atoms with E-state index in [1.54, 1.807) is 24.3 Å². The molecule has 1 aliphatic heterocycles. The topological polar surface area (TPSA) is 59.8 Å². The Kier molecular flexibility index (Phi) is 5.12. The Morgan fingerprint density at radius 1 is 1.07 bits per heavy atom. The van der Waals surface area contributed by atoms with Gasteiger partial charge in [-0.1, -0.05) is 54.0 Å². The van der Waals surface area contributed by atoms with E-state index in [0.29, 0.717) is 20.8 Å². The minimum Gasteiger partial charge on any atom is -0.313 e. The fraction of sp³-hybridized carbons (Fsp3) is 0.211. The highest BCUT2D eigenvalue weighted by Crippen LogP contribution is 2.39. The number of hydrogen-bond acceptors (Lipinski definition) is 5. The van der Waals surface area contributed by atoms with Gasteiger partial charge in [0.2, 0.25) is 5.16 Å². The maximum Gasteiger partial charge on any atom is 0.210 e. The molecule has 0 saturated heterocycles. The van der Waals surface area contributed by atoms with E-state index in [0.717, 1.165) is 17.8 Å². The van der Waals surface area contributed by atoms with Gasteiger partial charge >= 0.3 is 0 Å². The van der Waals surface area contributed by atoms with E-state index >= 15 is 0 Å². The molecule has 0 amide bonds. The number of aromatic nitrogens is 3. The van der Waals surface area contributed by atoms with Gasteiger partial charge in [-0.15, -0.1) is 10.2 Å². The lowest BCUT2D eigenvalue weighted by Crippen LogP contribution is -2.39. The van der Waals surface area contributed by atoms with Crippen LogP contribution in [0.2, 0.25) is 10.0 Å². The standard InChI is InChI=1S/C19H16Cl2N4OS/c1-2-15-22-23-19-25(15)24-16(11-3-7-13(20)8-4-11)18(27-19)17(26)12-5-9-14(21)10-6-12/h3-10,16,18,24H,2H2,1H3/t16-,18+/m1/s1. The molecule has 0 unspecified atom stereocenters. The summed E-state index contributed by atoms with van der Waals surface area (Å²) < 4.78 is 1.87. The van der Waals surface area contributed by atoms with E-state index in [9.17, 15) is 4.79 Å². The lowest BCUT2D eigenvalue weighted by atomic mass is 9.97. The molecular formula is C19H16Cl2N4OS. The molecule has 0 bridgehead atoms. The van der Waals surface area contributed by atoms with Crippen LogP contribution in [0.25, 0.3) is 0 Å². The Morgan fingerprint density at radius 2 is 1.70 bits per heavy atom. The van der Waals surface area contributed by atoms with Gasteiger partial charge in [0.15, 0.2) is 11.6 Å². The van der Waals surface area contributed by atoms with E-state index in [1.165, 1.54) is 11.8 Å². The number of thioether (sulfide) groups is 1. The van der Waals surface area contributed by atoms with Crippen LogP contribution in [0.1, 0.15) is 34.7 Å². The molecule has 0 fully saturated rings. The third-order valence-corrected chi connectivity index (χ3v) is 6.16. The van der Waals surface area contributed by atoms with Crippen molar-refractivity contribution in [3.8, 4) is 0 Å². The minimum absolute atomic E-state index is 0.0106. The highest BCUT2D eigenvalue weighted by atomic mass is 35.5. The van der Waals surface area contributed by atoms with Crippen LogP contribution in [0.3, 0.4) is 0 Å². The molecule has 138 valence electrons. The molecule has 3 aromatic rings. The third kappa shape index (κ3) is 3.57. The molecule has 0 saturated carbocycles. The van der Waals surface area contributed by atoms with Gasteiger partial charge in [0.1, 0.15) is 5.25 Å². The van der Waals surface area contributed by atoms with Gasteiger partial charge in [-0.25, -0.2) is 4.68 Å². The van der Waals surface area contributed by atoms with Gasteiger partial charge in [-0.3, -0.25) is 4.79 Å². The van der Waals surface area contributed by atoms with E-state index in [-0.39, 0.29) is 11.8 Å². The van der Waals surface area contributed by atoms with Crippen molar-refractivity contribution in [2.24, 2.45) is 0 Å². The molecule has 0 radical (unpaired) electrons. The molecule has 0 aliphatic carbocycles. The van der Waals surface area contributed by atoms with Crippen LogP contribution in [0.15, 0.2) is 53.7 Å². The van der Waals surface area contributed by atoms with Crippen molar-refractivity contribution >= 4 is 40.7 Å².